The van der Waals surface area contributed by atoms with Gasteiger partial charge in [0.25, 0.3) is 0 Å². The number of nitrogens with two attached hydrogens (primary N) is 1. The molecule has 18 heavy (non-hydrogen) atoms. The van der Waals surface area contributed by atoms with Gasteiger partial charge in [0.2, 0.25) is 5.91 Å². The summed E-state index contributed by atoms with van der Waals surface area (Å²) in [5, 5.41) is 0. The fraction of sp³-hybridized carbons (Fsp3) is 0.500. The lowest BCUT2D eigenvalue weighted by atomic mass is 10.2. The first-order valence-electron chi connectivity index (χ1n) is 6.40. The zero-order valence-electron chi connectivity index (χ0n) is 11.0. The first kappa shape index (κ1) is 13.3. The molecule has 1 aliphatic rings. The molecule has 1 amide bonds. The van der Waals surface area contributed by atoms with Gasteiger partial charge in [0, 0.05) is 23.2 Å². The number of carbonyl (C=O) groups is 1. The Morgan fingerprint density at radius 1 is 1.50 bits per heavy atom. The largest absolute Gasteiger partial charge is 0.399 e. The van der Waals surface area contributed by atoms with E-state index in [4.69, 9.17) is 5.73 Å². The third kappa shape index (κ3) is 3.19. The summed E-state index contributed by atoms with van der Waals surface area (Å²) in [6.45, 7) is 4.90. The van der Waals surface area contributed by atoms with E-state index < -0.39 is 0 Å². The molecule has 98 valence electrons. The lowest BCUT2D eigenvalue weighted by Crippen LogP contribution is -2.34. The maximum Gasteiger partial charge on any atom is 0.233 e. The molecule has 1 aliphatic carbocycles. The van der Waals surface area contributed by atoms with Crippen molar-refractivity contribution in [3.8, 4) is 0 Å². The molecule has 3 nitrogen and oxygen atoms in total. The van der Waals surface area contributed by atoms with E-state index in [9.17, 15) is 4.79 Å². The molecule has 0 aliphatic heterocycles. The van der Waals surface area contributed by atoms with E-state index in [1.165, 1.54) is 12.8 Å². The number of anilines is 1. The summed E-state index contributed by atoms with van der Waals surface area (Å²) in [6, 6.07) is 6.34. The van der Waals surface area contributed by atoms with Gasteiger partial charge in [-0.2, -0.15) is 0 Å². The Labute approximate surface area is 113 Å². The number of thioether (sulfide) groups is 1. The third-order valence-electron chi connectivity index (χ3n) is 3.20. The highest BCUT2D eigenvalue weighted by Gasteiger charge is 2.31. The van der Waals surface area contributed by atoms with Gasteiger partial charge in [-0.3, -0.25) is 4.79 Å². The quantitative estimate of drug-likeness (QED) is 0.657. The van der Waals surface area contributed by atoms with Crippen LogP contribution >= 0.6 is 11.8 Å². The van der Waals surface area contributed by atoms with Crippen molar-refractivity contribution in [3.05, 3.63) is 23.8 Å². The molecule has 0 unspecified atom stereocenters. The average molecular weight is 264 g/mol. The Balaban J connectivity index is 1.92. The first-order valence-corrected chi connectivity index (χ1v) is 7.38. The van der Waals surface area contributed by atoms with Crippen LogP contribution in [0.1, 0.15) is 25.3 Å². The minimum atomic E-state index is 0.251. The minimum Gasteiger partial charge on any atom is -0.399 e. The molecule has 1 aromatic rings. The zero-order valence-corrected chi connectivity index (χ0v) is 11.8. The maximum atomic E-state index is 12.1. The summed E-state index contributed by atoms with van der Waals surface area (Å²) >= 11 is 1.61. The van der Waals surface area contributed by atoms with Crippen LogP contribution in [0.25, 0.3) is 0 Å². The van der Waals surface area contributed by atoms with Gasteiger partial charge in [0.1, 0.15) is 0 Å². The molecular weight excluding hydrogens is 244 g/mol. The Bertz CT molecular complexity index is 443. The summed E-state index contributed by atoms with van der Waals surface area (Å²) in [5.74, 6) is 0.774. The number of hydrogen-bond acceptors (Lipinski definition) is 3. The Hall–Kier alpha value is -1.16. The predicted molar refractivity (Wildman–Crippen MR) is 76.7 cm³/mol. The van der Waals surface area contributed by atoms with Crippen LogP contribution in [0, 0.1) is 6.92 Å². The summed E-state index contributed by atoms with van der Waals surface area (Å²) < 4.78 is 0. The second kappa shape index (κ2) is 5.65. The van der Waals surface area contributed by atoms with Gasteiger partial charge in [-0.25, -0.2) is 0 Å². The summed E-state index contributed by atoms with van der Waals surface area (Å²) in [4.78, 5) is 15.2. The van der Waals surface area contributed by atoms with Crippen molar-refractivity contribution in [3.63, 3.8) is 0 Å². The highest BCUT2D eigenvalue weighted by Crippen LogP contribution is 2.29. The van der Waals surface area contributed by atoms with Crippen molar-refractivity contribution in [2.45, 2.75) is 37.6 Å². The smallest absolute Gasteiger partial charge is 0.233 e. The van der Waals surface area contributed by atoms with Crippen molar-refractivity contribution in [1.82, 2.24) is 4.90 Å². The van der Waals surface area contributed by atoms with Gasteiger partial charge < -0.3 is 10.6 Å². The molecule has 0 atom stereocenters. The number of benzene rings is 1. The fourth-order valence-electron chi connectivity index (χ4n) is 2.08. The monoisotopic (exact) mass is 264 g/mol. The lowest BCUT2D eigenvalue weighted by Gasteiger charge is -2.20. The van der Waals surface area contributed by atoms with E-state index in [-0.39, 0.29) is 5.91 Å². The number of aryl methyl sites for hydroxylation is 1. The normalized spacial score (nSPS) is 14.6. The highest BCUT2D eigenvalue weighted by atomic mass is 32.2. The molecule has 0 bridgehead atoms. The van der Waals surface area contributed by atoms with E-state index in [1.807, 2.05) is 30.0 Å². The second-order valence-electron chi connectivity index (χ2n) is 4.72. The molecule has 0 spiro atoms. The van der Waals surface area contributed by atoms with Crippen molar-refractivity contribution in [2.24, 2.45) is 0 Å². The number of hydrogen-bond donors (Lipinski definition) is 1. The molecule has 0 saturated heterocycles. The molecule has 0 heterocycles. The van der Waals surface area contributed by atoms with E-state index in [2.05, 4.69) is 6.92 Å². The van der Waals surface area contributed by atoms with Gasteiger partial charge in [0.05, 0.1) is 5.75 Å². The van der Waals surface area contributed by atoms with Gasteiger partial charge in [-0.1, -0.05) is 0 Å². The van der Waals surface area contributed by atoms with Crippen LogP contribution < -0.4 is 5.73 Å². The third-order valence-corrected chi connectivity index (χ3v) is 4.36. The lowest BCUT2D eigenvalue weighted by molar-refractivity contribution is -0.128. The van der Waals surface area contributed by atoms with Gasteiger partial charge in [-0.15, -0.1) is 11.8 Å². The number of nitrogens with zero attached hydrogens (tertiary/aromatic N) is 1. The molecule has 2 rings (SSSR count). The molecule has 0 aromatic heterocycles. The number of nitrogen functional groups attached to an aromatic ring is 1. The topological polar surface area (TPSA) is 46.3 Å². The molecule has 2 N–H and O–H groups in total. The maximum absolute atomic E-state index is 12.1. The van der Waals surface area contributed by atoms with Crippen LogP contribution in [0.2, 0.25) is 0 Å². The number of amides is 1. The predicted octanol–water partition coefficient (Wildman–Crippen LogP) is 2.68. The molecule has 4 heteroatoms. The van der Waals surface area contributed by atoms with E-state index in [0.717, 1.165) is 22.7 Å². The van der Waals surface area contributed by atoms with Crippen LogP contribution in [0.15, 0.2) is 23.1 Å². The molecule has 0 radical (unpaired) electrons. The van der Waals surface area contributed by atoms with E-state index in [1.54, 1.807) is 11.8 Å². The summed E-state index contributed by atoms with van der Waals surface area (Å²) in [6.07, 6.45) is 2.34. The van der Waals surface area contributed by atoms with Crippen LogP contribution in [0.3, 0.4) is 0 Å². The molecule has 1 fully saturated rings. The molecule has 1 aromatic carbocycles. The van der Waals surface area contributed by atoms with Crippen LogP contribution in [-0.2, 0) is 4.79 Å². The number of rotatable bonds is 5. The first-order chi connectivity index (χ1) is 8.61. The Morgan fingerprint density at radius 2 is 2.22 bits per heavy atom. The Kier molecular flexibility index (Phi) is 4.17. The average Bonchev–Trinajstić information content (AvgIpc) is 3.13. The van der Waals surface area contributed by atoms with Crippen LogP contribution in [0.4, 0.5) is 5.69 Å². The molecule has 1 saturated carbocycles. The van der Waals surface area contributed by atoms with Crippen molar-refractivity contribution < 1.29 is 4.79 Å². The van der Waals surface area contributed by atoms with E-state index in [0.29, 0.717) is 11.8 Å². The van der Waals surface area contributed by atoms with Crippen molar-refractivity contribution >= 4 is 23.4 Å². The second-order valence-corrected chi connectivity index (χ2v) is 5.74. The summed E-state index contributed by atoms with van der Waals surface area (Å²) in [7, 11) is 0. The fourth-order valence-corrected chi connectivity index (χ4v) is 2.98. The highest BCUT2D eigenvalue weighted by molar-refractivity contribution is 8.00. The summed E-state index contributed by atoms with van der Waals surface area (Å²) in [5.41, 5.74) is 7.63. The van der Waals surface area contributed by atoms with Gasteiger partial charge in [-0.05, 0) is 50.5 Å². The van der Waals surface area contributed by atoms with E-state index >= 15 is 0 Å². The SMILES string of the molecule is CCN(C(=O)CSc1ccc(N)cc1C)C1CC1. The number of carbonyl (C=O) groups excluding carboxylic acids is 1. The van der Waals surface area contributed by atoms with Crippen molar-refractivity contribution in [2.75, 3.05) is 18.0 Å². The minimum absolute atomic E-state index is 0.251. The van der Waals surface area contributed by atoms with Crippen LogP contribution in [-0.4, -0.2) is 29.1 Å². The standard InChI is InChI=1S/C14H20N2OS/c1-3-16(12-5-6-12)14(17)9-18-13-7-4-11(15)8-10(13)2/h4,7-8,12H,3,5-6,9,15H2,1-2H3. The Morgan fingerprint density at radius 3 is 2.78 bits per heavy atom. The molecular formula is C14H20N2OS. The van der Waals surface area contributed by atoms with Crippen LogP contribution in [0.5, 0.6) is 0 Å². The van der Waals surface area contributed by atoms with Gasteiger partial charge in [0.15, 0.2) is 0 Å². The zero-order chi connectivity index (χ0) is 13.1. The van der Waals surface area contributed by atoms with Gasteiger partial charge >= 0.3 is 0 Å². The van der Waals surface area contributed by atoms with Crippen molar-refractivity contribution in [1.29, 1.82) is 0 Å².